The molecule has 0 aromatic carbocycles. The van der Waals surface area contributed by atoms with Gasteiger partial charge in [0.2, 0.25) is 5.91 Å². The number of hydrazone groups is 1. The number of allylic oxidation sites excluding steroid dienone is 1. The molecular weight excluding hydrogens is 272 g/mol. The molecular formula is C14H14N4OS. The standard InChI is InChI=1S/C14H14N4OS/c1-17-13(19)6-3-11(16-17)2-4-12-5-7-14(20-12)18-9-8-15-10-18/h2,4-5,7-10H,3,6H2,1H3/b4-2+. The zero-order valence-electron chi connectivity index (χ0n) is 11.1. The molecule has 1 aliphatic heterocycles. The summed E-state index contributed by atoms with van der Waals surface area (Å²) in [6.07, 6.45) is 10.7. The van der Waals surface area contributed by atoms with Crippen molar-refractivity contribution >= 4 is 29.0 Å². The maximum atomic E-state index is 11.3. The Kier molecular flexibility index (Phi) is 3.47. The average molecular weight is 286 g/mol. The number of thiophene rings is 1. The van der Waals surface area contributed by atoms with Crippen molar-refractivity contribution < 1.29 is 4.79 Å². The molecule has 3 rings (SSSR count). The van der Waals surface area contributed by atoms with Crippen molar-refractivity contribution in [3.8, 4) is 5.00 Å². The van der Waals surface area contributed by atoms with Gasteiger partial charge in [0.15, 0.2) is 0 Å². The molecule has 0 unspecified atom stereocenters. The first-order chi connectivity index (χ1) is 9.72. The number of hydrogen-bond donors (Lipinski definition) is 0. The van der Waals surface area contributed by atoms with Gasteiger partial charge < -0.3 is 0 Å². The second-order valence-electron chi connectivity index (χ2n) is 4.49. The number of amides is 1. The van der Waals surface area contributed by atoms with Gasteiger partial charge >= 0.3 is 0 Å². The molecule has 0 N–H and O–H groups in total. The molecule has 6 heteroatoms. The zero-order valence-corrected chi connectivity index (χ0v) is 11.9. The molecule has 2 aromatic heterocycles. The van der Waals surface area contributed by atoms with Crippen molar-refractivity contribution in [3.63, 3.8) is 0 Å². The highest BCUT2D eigenvalue weighted by Crippen LogP contribution is 2.22. The van der Waals surface area contributed by atoms with E-state index in [1.165, 1.54) is 5.01 Å². The van der Waals surface area contributed by atoms with Crippen molar-refractivity contribution in [3.05, 3.63) is 41.8 Å². The van der Waals surface area contributed by atoms with E-state index >= 15 is 0 Å². The van der Waals surface area contributed by atoms with Crippen LogP contribution < -0.4 is 0 Å². The summed E-state index contributed by atoms with van der Waals surface area (Å²) >= 11 is 1.68. The Balaban J connectivity index is 1.74. The van der Waals surface area contributed by atoms with Gasteiger partial charge in [0, 0.05) is 37.2 Å². The Labute approximate surface area is 120 Å². The molecule has 1 amide bonds. The largest absolute Gasteiger partial charge is 0.298 e. The summed E-state index contributed by atoms with van der Waals surface area (Å²) in [5, 5.41) is 6.77. The maximum Gasteiger partial charge on any atom is 0.242 e. The predicted molar refractivity (Wildman–Crippen MR) is 79.9 cm³/mol. The van der Waals surface area contributed by atoms with E-state index in [1.54, 1.807) is 30.9 Å². The Bertz CT molecular complexity index is 669. The van der Waals surface area contributed by atoms with Crippen LogP contribution in [-0.4, -0.2) is 33.2 Å². The van der Waals surface area contributed by atoms with E-state index < -0.39 is 0 Å². The summed E-state index contributed by atoms with van der Waals surface area (Å²) in [7, 11) is 1.69. The van der Waals surface area contributed by atoms with Crippen molar-refractivity contribution in [1.29, 1.82) is 0 Å². The van der Waals surface area contributed by atoms with Crippen molar-refractivity contribution in [2.75, 3.05) is 7.05 Å². The van der Waals surface area contributed by atoms with Gasteiger partial charge in [-0.2, -0.15) is 5.10 Å². The average Bonchev–Trinajstić information content (AvgIpc) is 3.09. The van der Waals surface area contributed by atoms with Crippen LogP contribution in [0.2, 0.25) is 0 Å². The lowest BCUT2D eigenvalue weighted by atomic mass is 10.1. The molecule has 5 nitrogen and oxygen atoms in total. The van der Waals surface area contributed by atoms with E-state index in [9.17, 15) is 4.79 Å². The highest BCUT2D eigenvalue weighted by molar-refractivity contribution is 7.15. The Morgan fingerprint density at radius 3 is 2.95 bits per heavy atom. The van der Waals surface area contributed by atoms with Crippen LogP contribution in [0, 0.1) is 0 Å². The normalized spacial score (nSPS) is 15.9. The molecule has 0 radical (unpaired) electrons. The van der Waals surface area contributed by atoms with Crippen LogP contribution in [0.5, 0.6) is 0 Å². The van der Waals surface area contributed by atoms with E-state index in [0.29, 0.717) is 12.8 Å². The van der Waals surface area contributed by atoms with Gasteiger partial charge in [-0.3, -0.25) is 9.36 Å². The first kappa shape index (κ1) is 12.8. The maximum absolute atomic E-state index is 11.3. The van der Waals surface area contributed by atoms with Crippen LogP contribution in [0.3, 0.4) is 0 Å². The molecule has 0 saturated heterocycles. The monoisotopic (exact) mass is 286 g/mol. The minimum Gasteiger partial charge on any atom is -0.298 e. The fourth-order valence-electron chi connectivity index (χ4n) is 1.95. The van der Waals surface area contributed by atoms with Gasteiger partial charge in [-0.15, -0.1) is 11.3 Å². The van der Waals surface area contributed by atoms with E-state index in [0.717, 1.165) is 15.6 Å². The summed E-state index contributed by atoms with van der Waals surface area (Å²) in [6, 6.07) is 4.12. The van der Waals surface area contributed by atoms with Gasteiger partial charge in [-0.1, -0.05) is 0 Å². The first-order valence-electron chi connectivity index (χ1n) is 6.33. The van der Waals surface area contributed by atoms with Gasteiger partial charge in [0.1, 0.15) is 5.00 Å². The van der Waals surface area contributed by atoms with Crippen molar-refractivity contribution in [1.82, 2.24) is 14.6 Å². The number of hydrogen-bond acceptors (Lipinski definition) is 4. The molecule has 102 valence electrons. The summed E-state index contributed by atoms with van der Waals surface area (Å²) < 4.78 is 1.98. The number of nitrogens with zero attached hydrogens (tertiary/aromatic N) is 4. The third kappa shape index (κ3) is 2.70. The smallest absolute Gasteiger partial charge is 0.242 e. The molecule has 20 heavy (non-hydrogen) atoms. The van der Waals surface area contributed by atoms with Gasteiger partial charge in [-0.05, 0) is 24.3 Å². The molecule has 2 aromatic rings. The van der Waals surface area contributed by atoms with E-state index in [1.807, 2.05) is 22.9 Å². The van der Waals surface area contributed by atoms with Crippen molar-refractivity contribution in [2.24, 2.45) is 5.10 Å². The summed E-state index contributed by atoms with van der Waals surface area (Å²) in [6.45, 7) is 0. The molecule has 0 atom stereocenters. The first-order valence-corrected chi connectivity index (χ1v) is 7.14. The minimum atomic E-state index is 0.0701. The van der Waals surface area contributed by atoms with Crippen molar-refractivity contribution in [2.45, 2.75) is 12.8 Å². The highest BCUT2D eigenvalue weighted by atomic mass is 32.1. The fraction of sp³-hybridized carbons (Fsp3) is 0.214. The Morgan fingerprint density at radius 2 is 2.20 bits per heavy atom. The Morgan fingerprint density at radius 1 is 1.30 bits per heavy atom. The minimum absolute atomic E-state index is 0.0701. The van der Waals surface area contributed by atoms with E-state index in [2.05, 4.69) is 22.2 Å². The second kappa shape index (κ2) is 5.42. The third-order valence-corrected chi connectivity index (χ3v) is 4.11. The number of imidazole rings is 1. The molecule has 0 fully saturated rings. The van der Waals surface area contributed by atoms with Crippen LogP contribution in [-0.2, 0) is 4.79 Å². The lowest BCUT2D eigenvalue weighted by molar-refractivity contribution is -0.130. The highest BCUT2D eigenvalue weighted by Gasteiger charge is 2.14. The summed E-state index contributed by atoms with van der Waals surface area (Å²) in [5.41, 5.74) is 0.935. The number of aromatic nitrogens is 2. The summed E-state index contributed by atoms with van der Waals surface area (Å²) in [5.74, 6) is 0.0701. The van der Waals surface area contributed by atoms with Gasteiger partial charge in [0.25, 0.3) is 0 Å². The third-order valence-electron chi connectivity index (χ3n) is 3.05. The lowest BCUT2D eigenvalue weighted by Crippen LogP contribution is -2.27. The van der Waals surface area contributed by atoms with Crippen LogP contribution >= 0.6 is 11.3 Å². The van der Waals surface area contributed by atoms with E-state index in [4.69, 9.17) is 0 Å². The molecule has 0 saturated carbocycles. The second-order valence-corrected chi connectivity index (χ2v) is 5.58. The van der Waals surface area contributed by atoms with Crippen LogP contribution in [0.1, 0.15) is 17.7 Å². The van der Waals surface area contributed by atoms with E-state index in [-0.39, 0.29) is 5.91 Å². The summed E-state index contributed by atoms with van der Waals surface area (Å²) in [4.78, 5) is 16.5. The quantitative estimate of drug-likeness (QED) is 0.870. The molecule has 3 heterocycles. The fourth-order valence-corrected chi connectivity index (χ4v) is 2.81. The zero-order chi connectivity index (χ0) is 13.9. The number of carbonyl (C=O) groups is 1. The Hall–Kier alpha value is -2.21. The number of rotatable bonds is 3. The molecule has 0 spiro atoms. The van der Waals surface area contributed by atoms with Crippen LogP contribution in [0.25, 0.3) is 11.1 Å². The van der Waals surface area contributed by atoms with Crippen LogP contribution in [0.15, 0.2) is 42.0 Å². The van der Waals surface area contributed by atoms with Gasteiger partial charge in [-0.25, -0.2) is 9.99 Å². The molecule has 1 aliphatic rings. The lowest BCUT2D eigenvalue weighted by Gasteiger charge is -2.17. The number of carbonyl (C=O) groups excluding carboxylic acids is 1. The van der Waals surface area contributed by atoms with Crippen LogP contribution in [0.4, 0.5) is 0 Å². The molecule has 0 bridgehead atoms. The SMILES string of the molecule is CN1N=C(/C=C/c2ccc(-n3ccnc3)s2)CCC1=O. The predicted octanol–water partition coefficient (Wildman–Crippen LogP) is 2.56. The topological polar surface area (TPSA) is 50.5 Å². The molecule has 0 aliphatic carbocycles. The van der Waals surface area contributed by atoms with Gasteiger partial charge in [0.05, 0.1) is 12.0 Å².